The van der Waals surface area contributed by atoms with Crippen molar-refractivity contribution < 1.29 is 12.8 Å². The van der Waals surface area contributed by atoms with Crippen LogP contribution in [0.3, 0.4) is 0 Å². The maximum atomic E-state index is 13.3. The van der Waals surface area contributed by atoms with Gasteiger partial charge in [-0.3, -0.25) is 0 Å². The van der Waals surface area contributed by atoms with Crippen LogP contribution in [0, 0.1) is 5.82 Å². The van der Waals surface area contributed by atoms with Crippen molar-refractivity contribution in [2.45, 2.75) is 31.1 Å². The van der Waals surface area contributed by atoms with E-state index in [1.54, 1.807) is 18.3 Å². The molecule has 34 heavy (non-hydrogen) atoms. The number of nitrogens with zero attached hydrogens (tertiary/aromatic N) is 3. The molecule has 9 heteroatoms. The van der Waals surface area contributed by atoms with Gasteiger partial charge < -0.3 is 5.32 Å². The number of aromatic nitrogens is 2. The van der Waals surface area contributed by atoms with E-state index in [9.17, 15) is 12.8 Å². The fraction of sp³-hybridized carbons (Fsp3) is 0.200. The van der Waals surface area contributed by atoms with E-state index in [0.717, 1.165) is 48.1 Å². The Morgan fingerprint density at radius 1 is 1.15 bits per heavy atom. The third kappa shape index (κ3) is 5.46. The van der Waals surface area contributed by atoms with Gasteiger partial charge in [-0.15, -0.1) is 4.40 Å². The third-order valence-electron chi connectivity index (χ3n) is 5.21. The highest BCUT2D eigenvalue weighted by atomic mass is 35.5. The van der Waals surface area contributed by atoms with Crippen molar-refractivity contribution in [2.75, 3.05) is 6.54 Å². The van der Waals surface area contributed by atoms with Crippen molar-refractivity contribution in [2.24, 2.45) is 4.40 Å². The van der Waals surface area contributed by atoms with Crippen LogP contribution in [0.4, 0.5) is 4.39 Å². The second kappa shape index (κ2) is 10.4. The molecule has 0 bridgehead atoms. The van der Waals surface area contributed by atoms with Crippen LogP contribution < -0.4 is 5.32 Å². The Balaban J connectivity index is 1.84. The molecule has 0 saturated heterocycles. The Morgan fingerprint density at radius 2 is 1.88 bits per heavy atom. The summed E-state index contributed by atoms with van der Waals surface area (Å²) < 4.78 is 44.7. The number of sulfonamides is 1. The molecule has 1 aliphatic rings. The summed E-state index contributed by atoms with van der Waals surface area (Å²) in [5, 5.41) is 8.39. The van der Waals surface area contributed by atoms with Crippen LogP contribution in [-0.2, 0) is 10.0 Å². The first kappa shape index (κ1) is 23.9. The van der Waals surface area contributed by atoms with Crippen LogP contribution in [0.15, 0.2) is 82.2 Å². The van der Waals surface area contributed by atoms with Crippen molar-refractivity contribution >= 4 is 33.2 Å². The number of hydrogen-bond acceptors (Lipinski definition) is 3. The molecule has 6 nitrogen and oxygen atoms in total. The first-order valence-corrected chi connectivity index (χ1v) is 12.8. The van der Waals surface area contributed by atoms with E-state index in [2.05, 4.69) is 21.9 Å². The predicted octanol–water partition coefficient (Wildman–Crippen LogP) is 5.67. The van der Waals surface area contributed by atoms with E-state index in [0.29, 0.717) is 17.3 Å². The van der Waals surface area contributed by atoms with Gasteiger partial charge in [0.25, 0.3) is 10.0 Å². The van der Waals surface area contributed by atoms with Crippen molar-refractivity contribution in [1.82, 2.24) is 15.1 Å². The summed E-state index contributed by atoms with van der Waals surface area (Å²) in [5.74, 6) is -0.460. The number of halogens is 2. The van der Waals surface area contributed by atoms with Gasteiger partial charge in [-0.05, 0) is 61.2 Å². The molecule has 1 aliphatic carbocycles. The van der Waals surface area contributed by atoms with Crippen LogP contribution in [0.2, 0.25) is 5.02 Å². The normalized spacial score (nSPS) is 14.2. The van der Waals surface area contributed by atoms with Crippen molar-refractivity contribution in [1.29, 1.82) is 0 Å². The molecule has 0 spiro atoms. The molecule has 0 aliphatic heterocycles. The Kier molecular flexibility index (Phi) is 7.29. The summed E-state index contributed by atoms with van der Waals surface area (Å²) in [5.41, 5.74) is 3.37. The van der Waals surface area contributed by atoms with E-state index >= 15 is 0 Å². The molecular weight excluding hydrogens is 475 g/mol. The highest BCUT2D eigenvalue weighted by Crippen LogP contribution is 2.31. The van der Waals surface area contributed by atoms with Crippen LogP contribution in [0.1, 0.15) is 31.7 Å². The van der Waals surface area contributed by atoms with Gasteiger partial charge in [0, 0.05) is 28.9 Å². The lowest BCUT2D eigenvalue weighted by atomic mass is 9.97. The minimum atomic E-state index is -4.10. The molecule has 0 fully saturated rings. The van der Waals surface area contributed by atoms with E-state index in [1.807, 2.05) is 25.1 Å². The van der Waals surface area contributed by atoms with Crippen molar-refractivity contribution in [3.05, 3.63) is 89.4 Å². The molecule has 1 aromatic heterocycles. The van der Waals surface area contributed by atoms with Gasteiger partial charge in [0.05, 0.1) is 4.90 Å². The summed E-state index contributed by atoms with van der Waals surface area (Å²) in [6.45, 7) is 2.45. The molecule has 1 N–H and O–H groups in total. The fourth-order valence-corrected chi connectivity index (χ4v) is 4.58. The highest BCUT2D eigenvalue weighted by molar-refractivity contribution is 7.90. The average Bonchev–Trinajstić information content (AvgIpc) is 3.28. The van der Waals surface area contributed by atoms with Gasteiger partial charge in [0.2, 0.25) is 5.96 Å². The van der Waals surface area contributed by atoms with Gasteiger partial charge in [0.1, 0.15) is 11.5 Å². The van der Waals surface area contributed by atoms with Crippen LogP contribution in [0.5, 0.6) is 0 Å². The summed E-state index contributed by atoms with van der Waals surface area (Å²) in [7, 11) is -4.10. The lowest BCUT2D eigenvalue weighted by molar-refractivity contribution is 0.595. The summed E-state index contributed by atoms with van der Waals surface area (Å²) in [6.07, 6.45) is 10.7. The molecular formula is C25H24ClFN4O2S. The van der Waals surface area contributed by atoms with Crippen LogP contribution in [-0.4, -0.2) is 30.7 Å². The van der Waals surface area contributed by atoms with Gasteiger partial charge >= 0.3 is 0 Å². The quantitative estimate of drug-likeness (QED) is 0.351. The second-order valence-electron chi connectivity index (χ2n) is 7.75. The molecule has 1 heterocycles. The first-order chi connectivity index (χ1) is 16.4. The standard InChI is InChI=1S/C25H24ClFN4O2S/c1-2-16-28-25(30-34(32,33)22-14-12-21(27)13-15-22)31-17-23(18-6-4-3-5-7-18)24(29-31)19-8-10-20(26)11-9-19/h4,6-15,17H,2-3,5,16H2,1H3,(H,28,30). The van der Waals surface area contributed by atoms with Crippen molar-refractivity contribution in [3.63, 3.8) is 0 Å². The number of nitrogens with one attached hydrogen (secondary N) is 1. The number of allylic oxidation sites excluding steroid dienone is 4. The van der Waals surface area contributed by atoms with E-state index < -0.39 is 15.8 Å². The summed E-state index contributed by atoms with van der Waals surface area (Å²) >= 11 is 6.07. The highest BCUT2D eigenvalue weighted by Gasteiger charge is 2.20. The molecule has 0 atom stereocenters. The maximum absolute atomic E-state index is 13.3. The molecule has 0 radical (unpaired) electrons. The van der Waals surface area contributed by atoms with E-state index in [1.165, 1.54) is 16.8 Å². The van der Waals surface area contributed by atoms with Crippen LogP contribution >= 0.6 is 11.6 Å². The van der Waals surface area contributed by atoms with Gasteiger partial charge in [-0.2, -0.15) is 13.5 Å². The number of hydrogen-bond donors (Lipinski definition) is 1. The summed E-state index contributed by atoms with van der Waals surface area (Å²) in [4.78, 5) is -0.104. The largest absolute Gasteiger partial charge is 0.354 e. The summed E-state index contributed by atoms with van der Waals surface area (Å²) in [6, 6.07) is 11.9. The minimum Gasteiger partial charge on any atom is -0.354 e. The van der Waals surface area contributed by atoms with E-state index in [-0.39, 0.29) is 10.9 Å². The SMILES string of the molecule is CCCNC(=NS(=O)(=O)c1ccc(F)cc1)n1cc(C2=CCCC=C2)c(-c2ccc(Cl)cc2)n1. The Bertz CT molecular complexity index is 1360. The molecule has 0 amide bonds. The monoisotopic (exact) mass is 498 g/mol. The van der Waals surface area contributed by atoms with Gasteiger partial charge in [0.15, 0.2) is 0 Å². The molecule has 0 saturated carbocycles. The lowest BCUT2D eigenvalue weighted by Crippen LogP contribution is -2.32. The lowest BCUT2D eigenvalue weighted by Gasteiger charge is -2.09. The smallest absolute Gasteiger partial charge is 0.285 e. The molecule has 4 rings (SSSR count). The zero-order valence-corrected chi connectivity index (χ0v) is 20.2. The Morgan fingerprint density at radius 3 is 2.53 bits per heavy atom. The first-order valence-electron chi connectivity index (χ1n) is 10.9. The Hall–Kier alpha value is -3.23. The molecule has 0 unspecified atom stereocenters. The second-order valence-corrected chi connectivity index (χ2v) is 9.79. The molecule has 3 aromatic rings. The van der Waals surface area contributed by atoms with Crippen LogP contribution in [0.25, 0.3) is 16.8 Å². The van der Waals surface area contributed by atoms with Gasteiger partial charge in [-0.25, -0.2) is 9.07 Å². The fourth-order valence-electron chi connectivity index (χ4n) is 3.49. The zero-order valence-electron chi connectivity index (χ0n) is 18.6. The number of benzene rings is 2. The molecule has 176 valence electrons. The molecule has 2 aromatic carbocycles. The topological polar surface area (TPSA) is 76.3 Å². The zero-order chi connectivity index (χ0) is 24.1. The average molecular weight is 499 g/mol. The van der Waals surface area contributed by atoms with Crippen molar-refractivity contribution in [3.8, 4) is 11.3 Å². The Labute approximate surface area is 203 Å². The van der Waals surface area contributed by atoms with Gasteiger partial charge in [-0.1, -0.05) is 48.9 Å². The predicted molar refractivity (Wildman–Crippen MR) is 134 cm³/mol. The maximum Gasteiger partial charge on any atom is 0.285 e. The third-order valence-corrected chi connectivity index (χ3v) is 6.74. The number of rotatable bonds is 6. The van der Waals surface area contributed by atoms with E-state index in [4.69, 9.17) is 16.7 Å². The minimum absolute atomic E-state index is 0.0630.